The smallest absolute Gasteiger partial charge is 0.262 e. The van der Waals surface area contributed by atoms with Gasteiger partial charge in [0.05, 0.1) is 10.6 Å². The highest BCUT2D eigenvalue weighted by Gasteiger charge is 2.20. The molecule has 31 heavy (non-hydrogen) atoms. The van der Waals surface area contributed by atoms with E-state index in [1.165, 1.54) is 11.8 Å². The number of rotatable bonds is 4. The first-order valence-electron chi connectivity index (χ1n) is 9.72. The summed E-state index contributed by atoms with van der Waals surface area (Å²) in [6, 6.07) is 20.5. The molecule has 2 N–H and O–H groups in total. The molecule has 2 amide bonds. The Labute approximate surface area is 183 Å². The Bertz CT molecular complexity index is 1200. The minimum atomic E-state index is -0.171. The number of hydrogen-bond donors (Lipinski definition) is 2. The average Bonchev–Trinajstić information content (AvgIpc) is 3.26. The van der Waals surface area contributed by atoms with Crippen molar-refractivity contribution in [3.8, 4) is 11.5 Å². The van der Waals surface area contributed by atoms with Crippen molar-refractivity contribution in [1.82, 2.24) is 5.32 Å². The maximum absolute atomic E-state index is 12.5. The van der Waals surface area contributed by atoms with Crippen molar-refractivity contribution in [2.24, 2.45) is 0 Å². The van der Waals surface area contributed by atoms with Crippen LogP contribution in [0.4, 0.5) is 5.69 Å². The number of amides is 2. The summed E-state index contributed by atoms with van der Waals surface area (Å²) in [4.78, 5) is 26.5. The summed E-state index contributed by atoms with van der Waals surface area (Å²) in [6.07, 6.45) is 1.82. The van der Waals surface area contributed by atoms with E-state index in [9.17, 15) is 9.59 Å². The second-order valence-electron chi connectivity index (χ2n) is 7.05. The molecule has 2 aliphatic heterocycles. The topological polar surface area (TPSA) is 76.7 Å². The van der Waals surface area contributed by atoms with Crippen LogP contribution in [0.2, 0.25) is 0 Å². The molecule has 0 aliphatic carbocycles. The number of thioether (sulfide) groups is 1. The fourth-order valence-electron chi connectivity index (χ4n) is 3.32. The number of fused-ring (bicyclic) bond motifs is 2. The quantitative estimate of drug-likeness (QED) is 0.599. The van der Waals surface area contributed by atoms with Crippen LogP contribution in [0.25, 0.3) is 6.08 Å². The van der Waals surface area contributed by atoms with E-state index in [0.717, 1.165) is 21.7 Å². The van der Waals surface area contributed by atoms with Crippen LogP contribution in [0.1, 0.15) is 21.5 Å². The van der Waals surface area contributed by atoms with Gasteiger partial charge in [0.15, 0.2) is 11.5 Å². The number of benzene rings is 3. The van der Waals surface area contributed by atoms with Gasteiger partial charge in [-0.25, -0.2) is 0 Å². The summed E-state index contributed by atoms with van der Waals surface area (Å²) in [5.74, 6) is 1.11. The van der Waals surface area contributed by atoms with Gasteiger partial charge in [0, 0.05) is 17.0 Å². The Balaban J connectivity index is 1.24. The van der Waals surface area contributed by atoms with Gasteiger partial charge < -0.3 is 20.1 Å². The van der Waals surface area contributed by atoms with Crippen molar-refractivity contribution in [3.05, 3.63) is 88.3 Å². The van der Waals surface area contributed by atoms with Gasteiger partial charge in [-0.1, -0.05) is 42.1 Å². The van der Waals surface area contributed by atoms with Crippen molar-refractivity contribution >= 4 is 35.3 Å². The largest absolute Gasteiger partial charge is 0.454 e. The van der Waals surface area contributed by atoms with E-state index >= 15 is 0 Å². The molecule has 2 heterocycles. The lowest BCUT2D eigenvalue weighted by molar-refractivity contribution is -0.112. The molecule has 3 aromatic rings. The number of carbonyl (C=O) groups excluding carboxylic acids is 2. The van der Waals surface area contributed by atoms with Crippen LogP contribution in [0.15, 0.2) is 76.5 Å². The van der Waals surface area contributed by atoms with Crippen LogP contribution in [0, 0.1) is 0 Å². The van der Waals surface area contributed by atoms with Gasteiger partial charge in [0.1, 0.15) is 0 Å². The lowest BCUT2D eigenvalue weighted by Gasteiger charge is -2.18. The lowest BCUT2D eigenvalue weighted by atomic mass is 10.1. The summed E-state index contributed by atoms with van der Waals surface area (Å²) >= 11 is 1.44. The molecule has 0 aromatic heterocycles. The number of nitrogens with one attached hydrogen (secondary N) is 2. The van der Waals surface area contributed by atoms with E-state index in [1.807, 2.05) is 60.7 Å². The molecule has 0 saturated heterocycles. The molecule has 0 radical (unpaired) electrons. The van der Waals surface area contributed by atoms with Gasteiger partial charge >= 0.3 is 0 Å². The molecule has 0 unspecified atom stereocenters. The Morgan fingerprint density at radius 1 is 1.03 bits per heavy atom. The SMILES string of the molecule is O=C1Nc2ccccc2S/C1=C/c1ccc(C(=O)NCc2ccc3c(c2)OCO3)cc1. The molecule has 2 aliphatic rings. The van der Waals surface area contributed by atoms with Gasteiger partial charge in [0.2, 0.25) is 6.79 Å². The van der Waals surface area contributed by atoms with E-state index in [1.54, 1.807) is 12.1 Å². The predicted molar refractivity (Wildman–Crippen MR) is 119 cm³/mol. The van der Waals surface area contributed by atoms with E-state index in [4.69, 9.17) is 9.47 Å². The predicted octanol–water partition coefficient (Wildman–Crippen LogP) is 4.43. The van der Waals surface area contributed by atoms with Crippen LogP contribution in [-0.2, 0) is 11.3 Å². The van der Waals surface area contributed by atoms with Crippen LogP contribution in [0.5, 0.6) is 11.5 Å². The van der Waals surface area contributed by atoms with Crippen molar-refractivity contribution in [3.63, 3.8) is 0 Å². The maximum Gasteiger partial charge on any atom is 0.262 e. The van der Waals surface area contributed by atoms with Crippen LogP contribution in [-0.4, -0.2) is 18.6 Å². The Morgan fingerprint density at radius 2 is 1.84 bits per heavy atom. The van der Waals surface area contributed by atoms with E-state index in [0.29, 0.717) is 28.5 Å². The summed E-state index contributed by atoms with van der Waals surface area (Å²) in [5.41, 5.74) is 3.15. The third-order valence-corrected chi connectivity index (χ3v) is 6.04. The molecule has 0 fully saturated rings. The van der Waals surface area contributed by atoms with Crippen molar-refractivity contribution in [1.29, 1.82) is 0 Å². The first kappa shape index (κ1) is 19.3. The zero-order valence-corrected chi connectivity index (χ0v) is 17.2. The first-order chi connectivity index (χ1) is 15.2. The molecule has 3 aromatic carbocycles. The summed E-state index contributed by atoms with van der Waals surface area (Å²) in [7, 11) is 0. The summed E-state index contributed by atoms with van der Waals surface area (Å²) in [6.45, 7) is 0.609. The third-order valence-electron chi connectivity index (χ3n) is 4.94. The van der Waals surface area contributed by atoms with Crippen LogP contribution >= 0.6 is 11.8 Å². The molecule has 0 atom stereocenters. The second-order valence-corrected chi connectivity index (χ2v) is 8.14. The van der Waals surface area contributed by atoms with Crippen LogP contribution in [0.3, 0.4) is 0 Å². The molecule has 7 heteroatoms. The van der Waals surface area contributed by atoms with Gasteiger partial charge in [-0.2, -0.15) is 0 Å². The van der Waals surface area contributed by atoms with Crippen LogP contribution < -0.4 is 20.1 Å². The zero-order chi connectivity index (χ0) is 21.2. The normalized spacial score (nSPS) is 15.4. The third kappa shape index (κ3) is 4.13. The molecule has 0 spiro atoms. The molecular weight excluding hydrogens is 412 g/mol. The lowest BCUT2D eigenvalue weighted by Crippen LogP contribution is -2.22. The number of carbonyl (C=O) groups is 2. The summed E-state index contributed by atoms with van der Waals surface area (Å²) < 4.78 is 10.7. The maximum atomic E-state index is 12.5. The number of para-hydroxylation sites is 1. The highest BCUT2D eigenvalue weighted by Crippen LogP contribution is 2.38. The number of ether oxygens (including phenoxy) is 2. The fourth-order valence-corrected chi connectivity index (χ4v) is 4.27. The van der Waals surface area contributed by atoms with E-state index in [2.05, 4.69) is 10.6 Å². The molecular formula is C24H18N2O4S. The van der Waals surface area contributed by atoms with Gasteiger partial charge in [-0.05, 0) is 53.6 Å². The molecule has 6 nitrogen and oxygen atoms in total. The number of anilines is 1. The minimum absolute atomic E-state index is 0.130. The van der Waals surface area contributed by atoms with Crippen molar-refractivity contribution in [2.45, 2.75) is 11.4 Å². The zero-order valence-electron chi connectivity index (χ0n) is 16.4. The average molecular weight is 430 g/mol. The van der Waals surface area contributed by atoms with E-state index in [-0.39, 0.29) is 18.6 Å². The molecule has 154 valence electrons. The minimum Gasteiger partial charge on any atom is -0.454 e. The highest BCUT2D eigenvalue weighted by molar-refractivity contribution is 8.04. The van der Waals surface area contributed by atoms with Crippen molar-refractivity contribution in [2.75, 3.05) is 12.1 Å². The van der Waals surface area contributed by atoms with Gasteiger partial charge in [-0.15, -0.1) is 0 Å². The second kappa shape index (κ2) is 8.20. The van der Waals surface area contributed by atoms with Gasteiger partial charge in [-0.3, -0.25) is 9.59 Å². The standard InChI is InChI=1S/C24H18N2O4S/c27-23(25-13-16-7-10-19-20(11-16)30-14-29-19)17-8-5-15(6-9-17)12-22-24(28)26-18-3-1-2-4-21(18)31-22/h1-12H,13-14H2,(H,25,27)(H,26,28)/b22-12+. The molecule has 5 rings (SSSR count). The fraction of sp³-hybridized carbons (Fsp3) is 0.0833. The Morgan fingerprint density at radius 3 is 2.71 bits per heavy atom. The van der Waals surface area contributed by atoms with Crippen molar-refractivity contribution < 1.29 is 19.1 Å². The highest BCUT2D eigenvalue weighted by atomic mass is 32.2. The van der Waals surface area contributed by atoms with E-state index < -0.39 is 0 Å². The summed E-state index contributed by atoms with van der Waals surface area (Å²) in [5, 5.41) is 5.81. The Kier molecular flexibility index (Phi) is 5.09. The monoisotopic (exact) mass is 430 g/mol. The number of hydrogen-bond acceptors (Lipinski definition) is 5. The van der Waals surface area contributed by atoms with Gasteiger partial charge in [0.25, 0.3) is 11.8 Å². The first-order valence-corrected chi connectivity index (χ1v) is 10.5. The molecule has 0 saturated carbocycles. The Hall–Kier alpha value is -3.71. The molecule has 0 bridgehead atoms.